The highest BCUT2D eigenvalue weighted by atomic mass is 19.4. The van der Waals surface area contributed by atoms with E-state index in [-0.39, 0.29) is 25.1 Å². The van der Waals surface area contributed by atoms with Crippen molar-refractivity contribution in [2.45, 2.75) is 65.0 Å². The quantitative estimate of drug-likeness (QED) is 0.229. The Balaban J connectivity index is 2.93. The topological polar surface area (TPSA) is 3.24 Å². The van der Waals surface area contributed by atoms with E-state index in [0.717, 1.165) is 31.4 Å². The molecule has 0 aliphatic carbocycles. The fourth-order valence-electron chi connectivity index (χ4n) is 2.97. The Morgan fingerprint density at radius 1 is 0.846 bits per heavy atom. The van der Waals surface area contributed by atoms with Gasteiger partial charge in [0.2, 0.25) is 0 Å². The Kier molecular flexibility index (Phi) is 9.30. The second-order valence-electron chi connectivity index (χ2n) is 6.56. The van der Waals surface area contributed by atoms with Crippen molar-refractivity contribution < 1.29 is 26.3 Å². The van der Waals surface area contributed by atoms with Gasteiger partial charge in [0.05, 0.1) is 11.6 Å². The molecule has 1 aromatic carbocycles. The molecule has 0 N–H and O–H groups in total. The summed E-state index contributed by atoms with van der Waals surface area (Å²) >= 11 is 0. The van der Waals surface area contributed by atoms with E-state index in [4.69, 9.17) is 0 Å². The number of alkyl halides is 3. The molecule has 0 spiro atoms. The molecule has 7 heteroatoms. The zero-order valence-corrected chi connectivity index (χ0v) is 15.3. The van der Waals surface area contributed by atoms with Crippen LogP contribution in [0.5, 0.6) is 0 Å². The standard InChI is InChI=1S/C19H27F6N/c1-3-5-6-7-12-26(13-11-14(8-4-2)19(23,24)25)16-10-9-15(20)17(21)18(16)22/h9-10,14H,3-8,11-13H2,1-2H3. The maximum atomic E-state index is 14.1. The van der Waals surface area contributed by atoms with Crippen LogP contribution in [-0.2, 0) is 0 Å². The van der Waals surface area contributed by atoms with Crippen LogP contribution in [0.3, 0.4) is 0 Å². The van der Waals surface area contributed by atoms with Crippen LogP contribution in [0.2, 0.25) is 0 Å². The van der Waals surface area contributed by atoms with Gasteiger partial charge in [-0.05, 0) is 31.4 Å². The molecule has 150 valence electrons. The van der Waals surface area contributed by atoms with Gasteiger partial charge < -0.3 is 4.90 Å². The van der Waals surface area contributed by atoms with E-state index < -0.39 is 29.5 Å². The smallest absolute Gasteiger partial charge is 0.369 e. The summed E-state index contributed by atoms with van der Waals surface area (Å²) in [4.78, 5) is 1.40. The predicted molar refractivity (Wildman–Crippen MR) is 91.7 cm³/mol. The average Bonchev–Trinajstić information content (AvgIpc) is 2.57. The van der Waals surface area contributed by atoms with Crippen LogP contribution in [0, 0.1) is 23.4 Å². The summed E-state index contributed by atoms with van der Waals surface area (Å²) in [6, 6.07) is 1.90. The number of rotatable bonds is 11. The van der Waals surface area contributed by atoms with Crippen molar-refractivity contribution in [3.05, 3.63) is 29.6 Å². The van der Waals surface area contributed by atoms with E-state index >= 15 is 0 Å². The van der Waals surface area contributed by atoms with Gasteiger partial charge in [0.25, 0.3) is 0 Å². The maximum Gasteiger partial charge on any atom is 0.391 e. The first-order valence-electron chi connectivity index (χ1n) is 9.17. The minimum atomic E-state index is -4.32. The van der Waals surface area contributed by atoms with E-state index in [1.54, 1.807) is 6.92 Å². The van der Waals surface area contributed by atoms with Crippen LogP contribution in [0.4, 0.5) is 32.0 Å². The number of hydrogen-bond acceptors (Lipinski definition) is 1. The van der Waals surface area contributed by atoms with Gasteiger partial charge in [-0.2, -0.15) is 13.2 Å². The van der Waals surface area contributed by atoms with Gasteiger partial charge in [0.1, 0.15) is 0 Å². The van der Waals surface area contributed by atoms with Crippen LogP contribution in [-0.4, -0.2) is 19.3 Å². The minimum Gasteiger partial charge on any atom is -0.369 e. The molecule has 1 aromatic rings. The molecule has 0 aliphatic rings. The molecule has 0 amide bonds. The van der Waals surface area contributed by atoms with Crippen molar-refractivity contribution in [2.24, 2.45) is 5.92 Å². The van der Waals surface area contributed by atoms with Crippen molar-refractivity contribution in [3.8, 4) is 0 Å². The highest BCUT2D eigenvalue weighted by molar-refractivity contribution is 5.48. The zero-order valence-electron chi connectivity index (χ0n) is 15.3. The van der Waals surface area contributed by atoms with E-state index in [0.29, 0.717) is 19.4 Å². The summed E-state index contributed by atoms with van der Waals surface area (Å²) in [7, 11) is 0. The molecule has 0 aliphatic heterocycles. The van der Waals surface area contributed by atoms with Crippen LogP contribution >= 0.6 is 0 Å². The highest BCUT2D eigenvalue weighted by Gasteiger charge is 2.38. The van der Waals surface area contributed by atoms with E-state index in [1.807, 2.05) is 6.92 Å². The number of halogens is 6. The Bertz CT molecular complexity index is 544. The lowest BCUT2D eigenvalue weighted by Crippen LogP contribution is -2.32. The Hall–Kier alpha value is -1.40. The van der Waals surface area contributed by atoms with Gasteiger partial charge >= 0.3 is 6.18 Å². The summed E-state index contributed by atoms with van der Waals surface area (Å²) in [6.07, 6.45) is -0.721. The summed E-state index contributed by atoms with van der Waals surface area (Å²) in [5, 5.41) is 0. The van der Waals surface area contributed by atoms with E-state index in [1.165, 1.54) is 4.90 Å². The lowest BCUT2D eigenvalue weighted by molar-refractivity contribution is -0.177. The Morgan fingerprint density at radius 2 is 1.54 bits per heavy atom. The number of anilines is 1. The molecule has 26 heavy (non-hydrogen) atoms. The van der Waals surface area contributed by atoms with Crippen molar-refractivity contribution in [2.75, 3.05) is 18.0 Å². The number of nitrogens with zero attached hydrogens (tertiary/aromatic N) is 1. The zero-order chi connectivity index (χ0) is 19.7. The second-order valence-corrected chi connectivity index (χ2v) is 6.56. The molecule has 0 bridgehead atoms. The largest absolute Gasteiger partial charge is 0.391 e. The molecule has 0 saturated heterocycles. The van der Waals surface area contributed by atoms with Gasteiger partial charge in [-0.25, -0.2) is 13.2 Å². The molecule has 0 aromatic heterocycles. The normalized spacial score (nSPS) is 13.1. The van der Waals surface area contributed by atoms with Gasteiger partial charge in [-0.15, -0.1) is 0 Å². The highest BCUT2D eigenvalue weighted by Crippen LogP contribution is 2.33. The van der Waals surface area contributed by atoms with Crippen LogP contribution in [0.1, 0.15) is 58.8 Å². The first-order chi connectivity index (χ1) is 12.2. The monoisotopic (exact) mass is 383 g/mol. The summed E-state index contributed by atoms with van der Waals surface area (Å²) in [6.45, 7) is 3.94. The summed E-state index contributed by atoms with van der Waals surface area (Å²) < 4.78 is 80.1. The summed E-state index contributed by atoms with van der Waals surface area (Å²) in [5.41, 5.74) is -0.183. The van der Waals surface area contributed by atoms with Crippen molar-refractivity contribution >= 4 is 5.69 Å². The third kappa shape index (κ3) is 6.72. The van der Waals surface area contributed by atoms with Crippen LogP contribution < -0.4 is 4.90 Å². The summed E-state index contributed by atoms with van der Waals surface area (Å²) in [5.74, 6) is -5.74. The van der Waals surface area contributed by atoms with E-state index in [2.05, 4.69) is 0 Å². The molecule has 0 heterocycles. The van der Waals surface area contributed by atoms with Gasteiger partial charge in [0, 0.05) is 13.1 Å². The molecule has 1 rings (SSSR count). The average molecular weight is 383 g/mol. The fraction of sp³-hybridized carbons (Fsp3) is 0.684. The molecule has 0 fully saturated rings. The molecule has 1 nitrogen and oxygen atoms in total. The first-order valence-corrected chi connectivity index (χ1v) is 9.17. The minimum absolute atomic E-state index is 0.00651. The molecule has 1 atom stereocenters. The number of unbranched alkanes of at least 4 members (excludes halogenated alkanes) is 3. The third-order valence-corrected chi connectivity index (χ3v) is 4.48. The maximum absolute atomic E-state index is 14.1. The molecule has 1 unspecified atom stereocenters. The first kappa shape index (κ1) is 22.6. The van der Waals surface area contributed by atoms with Gasteiger partial charge in [-0.3, -0.25) is 0 Å². The third-order valence-electron chi connectivity index (χ3n) is 4.48. The van der Waals surface area contributed by atoms with Crippen LogP contribution in [0.25, 0.3) is 0 Å². The number of hydrogen-bond donors (Lipinski definition) is 0. The lowest BCUT2D eigenvalue weighted by atomic mass is 9.98. The van der Waals surface area contributed by atoms with Crippen molar-refractivity contribution in [1.82, 2.24) is 0 Å². The number of benzene rings is 1. The van der Waals surface area contributed by atoms with Crippen molar-refractivity contribution in [3.63, 3.8) is 0 Å². The van der Waals surface area contributed by atoms with Crippen LogP contribution in [0.15, 0.2) is 12.1 Å². The molecular weight excluding hydrogens is 356 g/mol. The lowest BCUT2D eigenvalue weighted by Gasteiger charge is -2.28. The Labute approximate surface area is 151 Å². The molecule has 0 radical (unpaired) electrons. The SMILES string of the molecule is CCCCCCN(CCC(CCC)C(F)(F)F)c1ccc(F)c(F)c1F. The Morgan fingerprint density at radius 3 is 2.12 bits per heavy atom. The van der Waals surface area contributed by atoms with Gasteiger partial charge in [-0.1, -0.05) is 39.5 Å². The van der Waals surface area contributed by atoms with Crippen molar-refractivity contribution in [1.29, 1.82) is 0 Å². The molecule has 0 saturated carbocycles. The second kappa shape index (κ2) is 10.7. The molecular formula is C19H27F6N. The van der Waals surface area contributed by atoms with E-state index in [9.17, 15) is 26.3 Å². The van der Waals surface area contributed by atoms with Gasteiger partial charge in [0.15, 0.2) is 17.5 Å². The predicted octanol–water partition coefficient (Wildman–Crippen LogP) is 6.86. The fourth-order valence-corrected chi connectivity index (χ4v) is 2.97.